The summed E-state index contributed by atoms with van der Waals surface area (Å²) in [6.07, 6.45) is -0.00983. The van der Waals surface area contributed by atoms with Crippen molar-refractivity contribution in [1.82, 2.24) is 0 Å². The number of aryl methyl sites for hydroxylation is 1. The van der Waals surface area contributed by atoms with Crippen LogP contribution in [0.4, 0.5) is 8.78 Å². The van der Waals surface area contributed by atoms with E-state index in [1.807, 2.05) is 82.3 Å². The van der Waals surface area contributed by atoms with Gasteiger partial charge in [-0.3, -0.25) is 0 Å². The molecule has 198 valence electrons. The summed E-state index contributed by atoms with van der Waals surface area (Å²) in [6, 6.07) is 19.9. The van der Waals surface area contributed by atoms with Crippen molar-refractivity contribution in [2.45, 2.75) is 33.1 Å². The van der Waals surface area contributed by atoms with Crippen molar-refractivity contribution in [3.05, 3.63) is 102 Å². The number of halogens is 2. The molecule has 0 aliphatic rings. The number of benzene rings is 4. The molecule has 0 saturated heterocycles. The average molecular weight is 535 g/mol. The fourth-order valence-electron chi connectivity index (χ4n) is 5.67. The lowest BCUT2D eigenvalue weighted by Crippen LogP contribution is -2.34. The Hall–Kier alpha value is -4.51. The van der Waals surface area contributed by atoms with Crippen LogP contribution in [0.25, 0.3) is 66.3 Å². The van der Waals surface area contributed by atoms with Crippen molar-refractivity contribution in [3.63, 3.8) is 0 Å². The molecule has 3 nitrogen and oxygen atoms in total. The first-order chi connectivity index (χ1) is 20.0. The summed E-state index contributed by atoms with van der Waals surface area (Å²) in [5, 5.41) is 3.33. The molecule has 0 spiro atoms. The molecular weight excluding hydrogens is 504 g/mol. The molecule has 0 saturated carbocycles. The summed E-state index contributed by atoms with van der Waals surface area (Å²) in [4.78, 5) is 0. The van der Waals surface area contributed by atoms with Crippen molar-refractivity contribution in [3.8, 4) is 22.4 Å². The number of hydrogen-bond acceptors (Lipinski definition) is 2. The van der Waals surface area contributed by atoms with Gasteiger partial charge in [-0.15, -0.1) is 0 Å². The molecule has 3 aromatic heterocycles. The van der Waals surface area contributed by atoms with Crippen LogP contribution in [0.2, 0.25) is 0 Å². The van der Waals surface area contributed by atoms with Gasteiger partial charge in [-0.2, -0.15) is 0 Å². The highest BCUT2D eigenvalue weighted by atomic mass is 19.1. The molecule has 0 amide bonds. The molecule has 7 rings (SSSR count). The molecule has 4 aromatic carbocycles. The summed E-state index contributed by atoms with van der Waals surface area (Å²) in [5.41, 5.74) is 4.04. The molecule has 3 heterocycles. The zero-order valence-corrected chi connectivity index (χ0v) is 22.9. The standard InChI is InChI=1S/C35H28F2NO2/c1-19-10-12-23-24-14-15-26(36)32(20-11-13-22-21-8-6-7-9-29(21)39-30(22)16-20)34(24)40-33(23)31(19)28-17-27(37)25(18-38(28)5)35(2,3)4/h6-18H,1-5H3/q+1/i17D,18D. The van der Waals surface area contributed by atoms with Crippen LogP contribution >= 0.6 is 0 Å². The Balaban J connectivity index is 1.53. The predicted octanol–water partition coefficient (Wildman–Crippen LogP) is 9.53. The lowest BCUT2D eigenvalue weighted by molar-refractivity contribution is -0.661. The molecule has 0 atom stereocenters. The van der Waals surface area contributed by atoms with Crippen LogP contribution in [0.15, 0.2) is 87.8 Å². The highest BCUT2D eigenvalue weighted by molar-refractivity contribution is 6.14. The van der Waals surface area contributed by atoms with Crippen LogP contribution in [-0.2, 0) is 12.5 Å². The van der Waals surface area contributed by atoms with Crippen LogP contribution in [0.3, 0.4) is 0 Å². The fourth-order valence-corrected chi connectivity index (χ4v) is 5.67. The highest BCUT2D eigenvalue weighted by Crippen LogP contribution is 2.43. The number of aromatic nitrogens is 1. The molecule has 7 aromatic rings. The molecule has 0 bridgehead atoms. The van der Waals surface area contributed by atoms with Gasteiger partial charge in [-0.25, -0.2) is 13.3 Å². The molecule has 0 unspecified atom stereocenters. The summed E-state index contributed by atoms with van der Waals surface area (Å²) >= 11 is 0. The van der Waals surface area contributed by atoms with Crippen LogP contribution in [0.1, 0.15) is 34.6 Å². The Morgan fingerprint density at radius 1 is 0.750 bits per heavy atom. The van der Waals surface area contributed by atoms with E-state index in [4.69, 9.17) is 11.6 Å². The second kappa shape index (κ2) is 8.49. The number of nitrogens with zero attached hydrogens (tertiary/aromatic N) is 1. The molecule has 0 aliphatic carbocycles. The Bertz CT molecular complexity index is 2230. The van der Waals surface area contributed by atoms with Crippen LogP contribution in [0, 0.1) is 18.6 Å². The second-order valence-electron chi connectivity index (χ2n) is 11.4. The van der Waals surface area contributed by atoms with Crippen LogP contribution in [-0.4, -0.2) is 0 Å². The third-order valence-corrected chi connectivity index (χ3v) is 7.68. The predicted molar refractivity (Wildman–Crippen MR) is 156 cm³/mol. The Morgan fingerprint density at radius 3 is 2.20 bits per heavy atom. The Kier molecular flexibility index (Phi) is 4.74. The third kappa shape index (κ3) is 3.57. The van der Waals surface area contributed by atoms with E-state index in [1.54, 1.807) is 13.1 Å². The SMILES string of the molecule is [2H]c1c(F)c(C(C)(C)C)c([2H])[n+](C)c1-c1c(C)ccc2c1oc1c(-c3ccc4c(c3)oc3ccccc34)c(F)ccc12. The quantitative estimate of drug-likeness (QED) is 0.207. The van der Waals surface area contributed by atoms with Gasteiger partial charge in [-0.05, 0) is 53.8 Å². The number of fused-ring (bicyclic) bond motifs is 6. The topological polar surface area (TPSA) is 30.2 Å². The minimum atomic E-state index is -0.723. The Labute approximate surface area is 233 Å². The van der Waals surface area contributed by atoms with Crippen molar-refractivity contribution in [2.75, 3.05) is 0 Å². The summed E-state index contributed by atoms with van der Waals surface area (Å²) in [5.74, 6) is -1.17. The minimum Gasteiger partial charge on any atom is -0.456 e. The van der Waals surface area contributed by atoms with E-state index in [0.29, 0.717) is 44.2 Å². The lowest BCUT2D eigenvalue weighted by atomic mass is 9.87. The largest absolute Gasteiger partial charge is 0.456 e. The average Bonchev–Trinajstić information content (AvgIpc) is 3.50. The van der Waals surface area contributed by atoms with Gasteiger partial charge < -0.3 is 8.83 Å². The van der Waals surface area contributed by atoms with Crippen molar-refractivity contribution in [2.24, 2.45) is 7.05 Å². The monoisotopic (exact) mass is 534 g/mol. The van der Waals surface area contributed by atoms with E-state index in [2.05, 4.69) is 0 Å². The van der Waals surface area contributed by atoms with Gasteiger partial charge in [0.15, 0.2) is 6.17 Å². The van der Waals surface area contributed by atoms with Crippen LogP contribution in [0.5, 0.6) is 0 Å². The fraction of sp³-hybridized carbons (Fsp3) is 0.171. The first-order valence-corrected chi connectivity index (χ1v) is 13.2. The number of pyridine rings is 1. The maximum absolute atomic E-state index is 15.8. The van der Waals surface area contributed by atoms with E-state index < -0.39 is 17.0 Å². The van der Waals surface area contributed by atoms with Crippen molar-refractivity contribution in [1.29, 1.82) is 0 Å². The number of furan rings is 2. The maximum atomic E-state index is 15.8. The molecule has 40 heavy (non-hydrogen) atoms. The molecule has 0 fully saturated rings. The van der Waals surface area contributed by atoms with Gasteiger partial charge in [0.25, 0.3) is 0 Å². The first-order valence-electron chi connectivity index (χ1n) is 14.2. The third-order valence-electron chi connectivity index (χ3n) is 7.68. The van der Waals surface area contributed by atoms with E-state index in [-0.39, 0.29) is 23.5 Å². The minimum absolute atomic E-state index is 0.00983. The molecule has 5 heteroatoms. The highest BCUT2D eigenvalue weighted by Gasteiger charge is 2.28. The zero-order chi connectivity index (χ0) is 29.7. The summed E-state index contributed by atoms with van der Waals surface area (Å²) in [6.45, 7) is 7.34. The van der Waals surface area contributed by atoms with Gasteiger partial charge >= 0.3 is 0 Å². The first kappa shape index (κ1) is 22.3. The second-order valence-corrected chi connectivity index (χ2v) is 11.4. The maximum Gasteiger partial charge on any atom is 0.219 e. The van der Waals surface area contributed by atoms with Crippen molar-refractivity contribution < 1.29 is 24.9 Å². The lowest BCUT2D eigenvalue weighted by Gasteiger charge is -2.18. The van der Waals surface area contributed by atoms with Gasteiger partial charge in [0.2, 0.25) is 5.69 Å². The molecule has 0 aliphatic heterocycles. The van der Waals surface area contributed by atoms with E-state index in [0.717, 1.165) is 21.9 Å². The van der Waals surface area contributed by atoms with Crippen molar-refractivity contribution >= 4 is 43.9 Å². The number of para-hydroxylation sites is 1. The molecule has 0 radical (unpaired) electrons. The van der Waals surface area contributed by atoms with E-state index >= 15 is 8.78 Å². The van der Waals surface area contributed by atoms with Gasteiger partial charge in [-0.1, -0.05) is 57.2 Å². The zero-order valence-electron chi connectivity index (χ0n) is 24.9. The van der Waals surface area contributed by atoms with Crippen LogP contribution < -0.4 is 4.57 Å². The summed E-state index contributed by atoms with van der Waals surface area (Å²) in [7, 11) is 1.67. The Morgan fingerprint density at radius 2 is 1.43 bits per heavy atom. The molecular formula is C35H28F2NO2+. The van der Waals surface area contributed by atoms with E-state index in [1.165, 1.54) is 10.6 Å². The molecule has 0 N–H and O–H groups in total. The van der Waals surface area contributed by atoms with E-state index in [9.17, 15) is 0 Å². The summed E-state index contributed by atoms with van der Waals surface area (Å²) < 4.78 is 63.1. The smallest absolute Gasteiger partial charge is 0.219 e. The van der Waals surface area contributed by atoms with Gasteiger partial charge in [0.1, 0.15) is 42.4 Å². The normalized spacial score (nSPS) is 13.1. The number of rotatable bonds is 2. The number of hydrogen-bond donors (Lipinski definition) is 0. The van der Waals surface area contributed by atoms with Gasteiger partial charge in [0, 0.05) is 27.6 Å². The van der Waals surface area contributed by atoms with Gasteiger partial charge in [0.05, 0.1) is 18.1 Å².